The smallest absolute Gasteiger partial charge is 0.193 e. The molecule has 0 bridgehead atoms. The lowest BCUT2D eigenvalue weighted by Crippen LogP contribution is -2.44. The van der Waals surface area contributed by atoms with Gasteiger partial charge in [-0.15, -0.1) is 0 Å². The second-order valence-electron chi connectivity index (χ2n) is 6.25. The molecule has 1 unspecified atom stereocenters. The monoisotopic (exact) mass is 337 g/mol. The summed E-state index contributed by atoms with van der Waals surface area (Å²) in [4.78, 5) is 6.30. The number of ether oxygens (including phenoxy) is 2. The van der Waals surface area contributed by atoms with Gasteiger partial charge >= 0.3 is 0 Å². The fourth-order valence-corrected chi connectivity index (χ4v) is 2.28. The average Bonchev–Trinajstić information content (AvgIpc) is 3.36. The Kier molecular flexibility index (Phi) is 7.31. The van der Waals surface area contributed by atoms with Gasteiger partial charge in [-0.25, -0.2) is 4.39 Å². The van der Waals surface area contributed by atoms with Gasteiger partial charge in [0.15, 0.2) is 5.96 Å². The van der Waals surface area contributed by atoms with E-state index in [-0.39, 0.29) is 11.9 Å². The number of nitrogens with one attached hydrogen (secondary N) is 1. The standard InChI is InChI=1S/C18H28FN3O2/c1-14(24-17-6-4-5-16(19)11-17)12-21-18(20-2)22(3)9-10-23-13-15-7-8-15/h4-6,11,14-15H,7-10,12-13H2,1-3H3,(H,20,21). The van der Waals surface area contributed by atoms with Crippen molar-refractivity contribution in [2.75, 3.05) is 40.4 Å². The van der Waals surface area contributed by atoms with E-state index < -0.39 is 0 Å². The van der Waals surface area contributed by atoms with Gasteiger partial charge in [-0.05, 0) is 37.8 Å². The molecule has 1 saturated carbocycles. The van der Waals surface area contributed by atoms with Crippen LogP contribution in [-0.2, 0) is 4.74 Å². The molecule has 1 atom stereocenters. The number of rotatable bonds is 9. The van der Waals surface area contributed by atoms with Gasteiger partial charge in [0.1, 0.15) is 17.7 Å². The minimum Gasteiger partial charge on any atom is -0.489 e. The van der Waals surface area contributed by atoms with Crippen LogP contribution >= 0.6 is 0 Å². The average molecular weight is 337 g/mol. The van der Waals surface area contributed by atoms with Crippen LogP contribution in [0.2, 0.25) is 0 Å². The van der Waals surface area contributed by atoms with Crippen molar-refractivity contribution in [1.82, 2.24) is 10.2 Å². The lowest BCUT2D eigenvalue weighted by Gasteiger charge is -2.24. The molecule has 1 aromatic carbocycles. The molecule has 0 saturated heterocycles. The molecule has 1 fully saturated rings. The fraction of sp³-hybridized carbons (Fsp3) is 0.611. The third-order valence-corrected chi connectivity index (χ3v) is 3.88. The second-order valence-corrected chi connectivity index (χ2v) is 6.25. The first-order valence-corrected chi connectivity index (χ1v) is 8.50. The van der Waals surface area contributed by atoms with Crippen LogP contribution in [0.1, 0.15) is 19.8 Å². The van der Waals surface area contributed by atoms with E-state index in [4.69, 9.17) is 9.47 Å². The molecule has 0 radical (unpaired) electrons. The summed E-state index contributed by atoms with van der Waals surface area (Å²) >= 11 is 0. The Bertz CT molecular complexity index is 535. The number of guanidine groups is 1. The van der Waals surface area contributed by atoms with E-state index in [1.807, 2.05) is 18.9 Å². The van der Waals surface area contributed by atoms with E-state index >= 15 is 0 Å². The molecular formula is C18H28FN3O2. The van der Waals surface area contributed by atoms with Crippen LogP contribution in [-0.4, -0.2) is 57.4 Å². The van der Waals surface area contributed by atoms with Crippen molar-refractivity contribution < 1.29 is 13.9 Å². The van der Waals surface area contributed by atoms with Crippen molar-refractivity contribution in [3.05, 3.63) is 30.1 Å². The third-order valence-electron chi connectivity index (χ3n) is 3.88. The molecule has 1 aliphatic carbocycles. The summed E-state index contributed by atoms with van der Waals surface area (Å²) in [7, 11) is 3.73. The molecule has 0 aromatic heterocycles. The lowest BCUT2D eigenvalue weighted by molar-refractivity contribution is 0.115. The number of aliphatic imine (C=N–C) groups is 1. The van der Waals surface area contributed by atoms with E-state index in [1.54, 1.807) is 19.2 Å². The zero-order valence-corrected chi connectivity index (χ0v) is 14.8. The number of nitrogens with zero attached hydrogens (tertiary/aromatic N) is 2. The van der Waals surface area contributed by atoms with E-state index in [0.29, 0.717) is 18.9 Å². The summed E-state index contributed by atoms with van der Waals surface area (Å²) in [5.74, 6) is 1.81. The minimum atomic E-state index is -0.297. The maximum Gasteiger partial charge on any atom is 0.193 e. The molecule has 0 spiro atoms. The molecule has 2 rings (SSSR count). The molecule has 0 amide bonds. The Hall–Kier alpha value is -1.82. The first kappa shape index (κ1) is 18.5. The fourth-order valence-electron chi connectivity index (χ4n) is 2.28. The Morgan fingerprint density at radius 2 is 2.25 bits per heavy atom. The van der Waals surface area contributed by atoms with Crippen molar-refractivity contribution in [2.45, 2.75) is 25.9 Å². The highest BCUT2D eigenvalue weighted by Gasteiger charge is 2.21. The zero-order valence-electron chi connectivity index (χ0n) is 14.8. The van der Waals surface area contributed by atoms with Crippen LogP contribution in [0.3, 0.4) is 0 Å². The molecule has 6 heteroatoms. The summed E-state index contributed by atoms with van der Waals surface area (Å²) in [5, 5.41) is 3.27. The number of hydrogen-bond donors (Lipinski definition) is 1. The molecular weight excluding hydrogens is 309 g/mol. The van der Waals surface area contributed by atoms with Crippen molar-refractivity contribution in [3.63, 3.8) is 0 Å². The minimum absolute atomic E-state index is 0.108. The van der Waals surface area contributed by atoms with Crippen LogP contribution in [0.4, 0.5) is 4.39 Å². The largest absolute Gasteiger partial charge is 0.489 e. The van der Waals surface area contributed by atoms with E-state index in [1.165, 1.54) is 25.0 Å². The number of benzene rings is 1. The van der Waals surface area contributed by atoms with E-state index in [9.17, 15) is 4.39 Å². The van der Waals surface area contributed by atoms with Gasteiger partial charge in [-0.2, -0.15) is 0 Å². The summed E-state index contributed by atoms with van der Waals surface area (Å²) in [6, 6.07) is 6.17. The van der Waals surface area contributed by atoms with Gasteiger partial charge < -0.3 is 19.7 Å². The van der Waals surface area contributed by atoms with Crippen LogP contribution < -0.4 is 10.1 Å². The maximum atomic E-state index is 13.2. The van der Waals surface area contributed by atoms with E-state index in [2.05, 4.69) is 10.3 Å². The molecule has 134 valence electrons. The second kappa shape index (κ2) is 9.47. The highest BCUT2D eigenvalue weighted by atomic mass is 19.1. The summed E-state index contributed by atoms with van der Waals surface area (Å²) < 4.78 is 24.5. The number of likely N-dealkylation sites (N-methyl/N-ethyl adjacent to an activating group) is 1. The van der Waals surface area contributed by atoms with Gasteiger partial charge in [-0.1, -0.05) is 6.07 Å². The van der Waals surface area contributed by atoms with Crippen molar-refractivity contribution in [2.24, 2.45) is 10.9 Å². The lowest BCUT2D eigenvalue weighted by atomic mass is 10.3. The summed E-state index contributed by atoms with van der Waals surface area (Å²) in [6.45, 7) is 4.87. The summed E-state index contributed by atoms with van der Waals surface area (Å²) in [5.41, 5.74) is 0. The van der Waals surface area contributed by atoms with E-state index in [0.717, 1.165) is 25.0 Å². The van der Waals surface area contributed by atoms with Gasteiger partial charge in [-0.3, -0.25) is 4.99 Å². The number of halogens is 1. The van der Waals surface area contributed by atoms with Crippen molar-refractivity contribution >= 4 is 5.96 Å². The molecule has 0 aliphatic heterocycles. The van der Waals surface area contributed by atoms with Crippen LogP contribution in [0.15, 0.2) is 29.3 Å². The SMILES string of the molecule is CN=C(NCC(C)Oc1cccc(F)c1)N(C)CCOCC1CC1. The molecule has 5 nitrogen and oxygen atoms in total. The predicted molar refractivity (Wildman–Crippen MR) is 94.0 cm³/mol. The van der Waals surface area contributed by atoms with Crippen molar-refractivity contribution in [1.29, 1.82) is 0 Å². The van der Waals surface area contributed by atoms with Crippen molar-refractivity contribution in [3.8, 4) is 5.75 Å². The predicted octanol–water partition coefficient (Wildman–Crippen LogP) is 2.53. The first-order valence-electron chi connectivity index (χ1n) is 8.50. The van der Waals surface area contributed by atoms with Crippen LogP contribution in [0.25, 0.3) is 0 Å². The van der Waals surface area contributed by atoms with Gasteiger partial charge in [0.05, 0.1) is 13.2 Å². The Labute approximate surface area is 143 Å². The molecule has 0 heterocycles. The highest BCUT2D eigenvalue weighted by molar-refractivity contribution is 5.79. The molecule has 24 heavy (non-hydrogen) atoms. The molecule has 1 N–H and O–H groups in total. The first-order chi connectivity index (χ1) is 11.6. The Balaban J connectivity index is 1.67. The molecule has 1 aromatic rings. The van der Waals surface area contributed by atoms with Gasteiger partial charge in [0.25, 0.3) is 0 Å². The zero-order chi connectivity index (χ0) is 17.4. The highest BCUT2D eigenvalue weighted by Crippen LogP contribution is 2.28. The topological polar surface area (TPSA) is 46.1 Å². The van der Waals surface area contributed by atoms with Gasteiger partial charge in [0.2, 0.25) is 0 Å². The quantitative estimate of drug-likeness (QED) is 0.427. The Morgan fingerprint density at radius 1 is 1.46 bits per heavy atom. The normalized spacial score (nSPS) is 15.9. The Morgan fingerprint density at radius 3 is 2.92 bits per heavy atom. The van der Waals surface area contributed by atoms with Crippen LogP contribution in [0.5, 0.6) is 5.75 Å². The molecule has 1 aliphatic rings. The summed E-state index contributed by atoms with van der Waals surface area (Å²) in [6.07, 6.45) is 2.51. The van der Waals surface area contributed by atoms with Gasteiger partial charge in [0, 0.05) is 33.3 Å². The van der Waals surface area contributed by atoms with Crippen LogP contribution in [0, 0.1) is 11.7 Å². The third kappa shape index (κ3) is 6.74. The number of hydrogen-bond acceptors (Lipinski definition) is 3. The maximum absolute atomic E-state index is 13.2.